The first-order valence-corrected chi connectivity index (χ1v) is 9.49. The van der Waals surface area contributed by atoms with Crippen LogP contribution < -0.4 is 10.6 Å². The third kappa shape index (κ3) is 3.98. The highest BCUT2D eigenvalue weighted by Gasteiger charge is 2.17. The summed E-state index contributed by atoms with van der Waals surface area (Å²) in [4.78, 5) is 15.5. The van der Waals surface area contributed by atoms with Gasteiger partial charge in [0.25, 0.3) is 0 Å². The standard InChI is InChI=1S/C22H25N3O2/c1-23-21(26)13-15-11-17-14-19(16-5-3-2-4-6-16)25-22(17)20(12-15)24-18-7-9-27-10-8-18/h2-6,11-12,14,18,24-25H,7-10,13H2,1H3,(H,23,26). The molecule has 1 fully saturated rings. The van der Waals surface area contributed by atoms with Crippen molar-refractivity contribution in [3.63, 3.8) is 0 Å². The fourth-order valence-electron chi connectivity index (χ4n) is 3.63. The fourth-order valence-corrected chi connectivity index (χ4v) is 3.63. The first-order valence-electron chi connectivity index (χ1n) is 9.49. The first kappa shape index (κ1) is 17.6. The van der Waals surface area contributed by atoms with E-state index in [-0.39, 0.29) is 5.91 Å². The summed E-state index contributed by atoms with van der Waals surface area (Å²) in [6.45, 7) is 1.58. The molecule has 3 N–H and O–H groups in total. The molecule has 5 nitrogen and oxygen atoms in total. The number of ether oxygens (including phenoxy) is 1. The van der Waals surface area contributed by atoms with E-state index in [4.69, 9.17) is 4.74 Å². The number of carbonyl (C=O) groups excluding carboxylic acids is 1. The molecule has 1 aliphatic heterocycles. The summed E-state index contributed by atoms with van der Waals surface area (Å²) in [5, 5.41) is 7.50. The minimum atomic E-state index is 0.0187. The van der Waals surface area contributed by atoms with Gasteiger partial charge in [0, 0.05) is 37.4 Å². The number of carbonyl (C=O) groups is 1. The lowest BCUT2D eigenvalue weighted by Gasteiger charge is -2.24. The van der Waals surface area contributed by atoms with Crippen LogP contribution in [0.2, 0.25) is 0 Å². The Morgan fingerprint density at radius 2 is 1.93 bits per heavy atom. The van der Waals surface area contributed by atoms with Crippen molar-refractivity contribution < 1.29 is 9.53 Å². The zero-order valence-corrected chi connectivity index (χ0v) is 15.5. The molecular weight excluding hydrogens is 338 g/mol. The van der Waals surface area contributed by atoms with Crippen molar-refractivity contribution in [1.29, 1.82) is 0 Å². The summed E-state index contributed by atoms with van der Waals surface area (Å²) in [7, 11) is 1.67. The van der Waals surface area contributed by atoms with Gasteiger partial charge >= 0.3 is 0 Å². The monoisotopic (exact) mass is 363 g/mol. The lowest BCUT2D eigenvalue weighted by Crippen LogP contribution is -2.28. The second-order valence-electron chi connectivity index (χ2n) is 7.04. The zero-order valence-electron chi connectivity index (χ0n) is 15.5. The number of rotatable bonds is 5. The van der Waals surface area contributed by atoms with Crippen LogP contribution >= 0.6 is 0 Å². The van der Waals surface area contributed by atoms with Crippen molar-refractivity contribution in [1.82, 2.24) is 10.3 Å². The maximum absolute atomic E-state index is 11.9. The zero-order chi connectivity index (χ0) is 18.6. The van der Waals surface area contributed by atoms with Gasteiger partial charge in [0.15, 0.2) is 0 Å². The Labute approximate surface area is 159 Å². The summed E-state index contributed by atoms with van der Waals surface area (Å²) < 4.78 is 5.48. The van der Waals surface area contributed by atoms with Gasteiger partial charge in [-0.25, -0.2) is 0 Å². The molecule has 1 amide bonds. The number of hydrogen-bond acceptors (Lipinski definition) is 3. The summed E-state index contributed by atoms with van der Waals surface area (Å²) in [6.07, 6.45) is 2.36. The van der Waals surface area contributed by atoms with E-state index in [2.05, 4.69) is 45.9 Å². The quantitative estimate of drug-likeness (QED) is 0.647. The van der Waals surface area contributed by atoms with E-state index in [1.165, 1.54) is 0 Å². The second kappa shape index (κ2) is 7.84. The maximum Gasteiger partial charge on any atom is 0.224 e. The molecule has 5 heteroatoms. The number of nitrogens with one attached hydrogen (secondary N) is 3. The molecule has 2 heterocycles. The van der Waals surface area contributed by atoms with Crippen molar-refractivity contribution >= 4 is 22.5 Å². The summed E-state index contributed by atoms with van der Waals surface area (Å²) in [5.74, 6) is 0.0187. The number of hydrogen-bond donors (Lipinski definition) is 3. The van der Waals surface area contributed by atoms with Gasteiger partial charge in [0.2, 0.25) is 5.91 Å². The van der Waals surface area contributed by atoms with Crippen LogP contribution in [0, 0.1) is 0 Å². The minimum Gasteiger partial charge on any atom is -0.381 e. The predicted molar refractivity (Wildman–Crippen MR) is 109 cm³/mol. The molecule has 0 spiro atoms. The van der Waals surface area contributed by atoms with Crippen LogP contribution in [-0.4, -0.2) is 37.2 Å². The van der Waals surface area contributed by atoms with Crippen LogP contribution in [0.4, 0.5) is 5.69 Å². The number of fused-ring (bicyclic) bond motifs is 1. The predicted octanol–water partition coefficient (Wildman–Crippen LogP) is 3.71. The Morgan fingerprint density at radius 1 is 1.15 bits per heavy atom. The van der Waals surface area contributed by atoms with Gasteiger partial charge in [-0.2, -0.15) is 0 Å². The first-order chi connectivity index (χ1) is 13.2. The van der Waals surface area contributed by atoms with Gasteiger partial charge < -0.3 is 20.4 Å². The van der Waals surface area contributed by atoms with Crippen molar-refractivity contribution in [3.8, 4) is 11.3 Å². The van der Waals surface area contributed by atoms with E-state index in [0.717, 1.165) is 59.5 Å². The van der Waals surface area contributed by atoms with Gasteiger partial charge in [0.05, 0.1) is 17.6 Å². The van der Waals surface area contributed by atoms with E-state index in [9.17, 15) is 4.79 Å². The molecule has 27 heavy (non-hydrogen) atoms. The van der Waals surface area contributed by atoms with E-state index in [0.29, 0.717) is 12.5 Å². The molecule has 0 saturated carbocycles. The van der Waals surface area contributed by atoms with E-state index < -0.39 is 0 Å². The van der Waals surface area contributed by atoms with E-state index in [1.807, 2.05) is 18.2 Å². The molecule has 2 aromatic carbocycles. The van der Waals surface area contributed by atoms with Gasteiger partial charge in [-0.3, -0.25) is 4.79 Å². The second-order valence-corrected chi connectivity index (χ2v) is 7.04. The van der Waals surface area contributed by atoms with Gasteiger partial charge in [-0.05, 0) is 42.2 Å². The highest BCUT2D eigenvalue weighted by atomic mass is 16.5. The molecule has 0 radical (unpaired) electrons. The van der Waals surface area contributed by atoms with Crippen molar-refractivity contribution in [3.05, 3.63) is 54.1 Å². The average Bonchev–Trinajstić information content (AvgIpc) is 3.14. The van der Waals surface area contributed by atoms with Crippen molar-refractivity contribution in [2.24, 2.45) is 0 Å². The molecule has 1 aliphatic rings. The number of aromatic amines is 1. The molecule has 1 aromatic heterocycles. The lowest BCUT2D eigenvalue weighted by molar-refractivity contribution is -0.119. The van der Waals surface area contributed by atoms with Crippen molar-refractivity contribution in [2.75, 3.05) is 25.6 Å². The SMILES string of the molecule is CNC(=O)Cc1cc(NC2CCOCC2)c2[nH]c(-c3ccccc3)cc2c1. The van der Waals surface area contributed by atoms with Crippen LogP contribution in [0.25, 0.3) is 22.2 Å². The maximum atomic E-state index is 11.9. The topological polar surface area (TPSA) is 66.2 Å². The van der Waals surface area contributed by atoms with Crippen LogP contribution in [0.15, 0.2) is 48.5 Å². The number of aromatic nitrogens is 1. The van der Waals surface area contributed by atoms with Gasteiger partial charge in [-0.15, -0.1) is 0 Å². The van der Waals surface area contributed by atoms with Crippen LogP contribution in [0.1, 0.15) is 18.4 Å². The Bertz CT molecular complexity index is 927. The molecule has 4 rings (SSSR count). The number of likely N-dealkylation sites (N-methyl/N-ethyl adjacent to an activating group) is 1. The Morgan fingerprint density at radius 3 is 2.67 bits per heavy atom. The third-order valence-corrected chi connectivity index (χ3v) is 5.10. The normalized spacial score (nSPS) is 15.0. The summed E-state index contributed by atoms with van der Waals surface area (Å²) in [5.41, 5.74) is 5.38. The molecule has 1 saturated heterocycles. The highest BCUT2D eigenvalue weighted by molar-refractivity contribution is 5.96. The van der Waals surface area contributed by atoms with E-state index >= 15 is 0 Å². The number of amides is 1. The molecule has 0 unspecified atom stereocenters. The number of benzene rings is 2. The largest absolute Gasteiger partial charge is 0.381 e. The highest BCUT2D eigenvalue weighted by Crippen LogP contribution is 2.31. The Balaban J connectivity index is 1.74. The molecular formula is C22H25N3O2. The van der Waals surface area contributed by atoms with Crippen LogP contribution in [-0.2, 0) is 16.0 Å². The van der Waals surface area contributed by atoms with Crippen molar-refractivity contribution in [2.45, 2.75) is 25.3 Å². The number of H-pyrrole nitrogens is 1. The van der Waals surface area contributed by atoms with E-state index in [1.54, 1.807) is 7.05 Å². The minimum absolute atomic E-state index is 0.0187. The summed E-state index contributed by atoms with van der Waals surface area (Å²) in [6, 6.07) is 17.0. The number of anilines is 1. The Hall–Kier alpha value is -2.79. The van der Waals surface area contributed by atoms with Crippen LogP contribution in [0.5, 0.6) is 0 Å². The van der Waals surface area contributed by atoms with Crippen LogP contribution in [0.3, 0.4) is 0 Å². The molecule has 140 valence electrons. The lowest BCUT2D eigenvalue weighted by atomic mass is 10.0. The average molecular weight is 363 g/mol. The molecule has 0 bridgehead atoms. The Kier molecular flexibility index (Phi) is 5.12. The molecule has 0 aliphatic carbocycles. The smallest absolute Gasteiger partial charge is 0.224 e. The van der Waals surface area contributed by atoms with Gasteiger partial charge in [0.1, 0.15) is 0 Å². The molecule has 3 aromatic rings. The fraction of sp³-hybridized carbons (Fsp3) is 0.318. The third-order valence-electron chi connectivity index (χ3n) is 5.10. The summed E-state index contributed by atoms with van der Waals surface area (Å²) >= 11 is 0. The van der Waals surface area contributed by atoms with Gasteiger partial charge in [-0.1, -0.05) is 30.3 Å². The molecule has 0 atom stereocenters.